The van der Waals surface area contributed by atoms with Crippen LogP contribution >= 0.6 is 0 Å². The van der Waals surface area contributed by atoms with E-state index in [0.717, 1.165) is 17.5 Å². The van der Waals surface area contributed by atoms with Crippen LogP contribution in [0.15, 0.2) is 48.5 Å². The maximum atomic E-state index is 12.1. The second-order valence-electron chi connectivity index (χ2n) is 6.11. The molecule has 1 unspecified atom stereocenters. The molecule has 1 amide bonds. The van der Waals surface area contributed by atoms with Crippen molar-refractivity contribution >= 4 is 11.9 Å². The van der Waals surface area contributed by atoms with Gasteiger partial charge in [0, 0.05) is 13.0 Å². The Morgan fingerprint density at radius 1 is 1.12 bits per heavy atom. The number of amides is 1. The van der Waals surface area contributed by atoms with Gasteiger partial charge in [-0.1, -0.05) is 36.4 Å². The molecule has 5 heteroatoms. The summed E-state index contributed by atoms with van der Waals surface area (Å²) in [5.74, 6) is -0.981. The summed E-state index contributed by atoms with van der Waals surface area (Å²) in [4.78, 5) is 22.9. The Morgan fingerprint density at radius 3 is 2.64 bits per heavy atom. The van der Waals surface area contributed by atoms with Gasteiger partial charge in [-0.3, -0.25) is 4.79 Å². The number of rotatable bonds is 6. The van der Waals surface area contributed by atoms with Crippen molar-refractivity contribution in [3.8, 4) is 0 Å². The van der Waals surface area contributed by atoms with Gasteiger partial charge in [0.2, 0.25) is 5.91 Å². The van der Waals surface area contributed by atoms with E-state index in [1.807, 2.05) is 12.1 Å². The topological polar surface area (TPSA) is 75.6 Å². The molecule has 0 aromatic heterocycles. The third-order valence-corrected chi connectivity index (χ3v) is 4.42. The van der Waals surface area contributed by atoms with Crippen molar-refractivity contribution in [3.05, 3.63) is 70.8 Å². The number of ether oxygens (including phenoxy) is 1. The zero-order valence-corrected chi connectivity index (χ0v) is 13.9. The van der Waals surface area contributed by atoms with Crippen molar-refractivity contribution < 1.29 is 19.4 Å². The number of carboxylic acids is 1. The van der Waals surface area contributed by atoms with Crippen LogP contribution < -0.4 is 5.32 Å². The Balaban J connectivity index is 1.48. The molecule has 0 spiro atoms. The third kappa shape index (κ3) is 4.45. The quantitative estimate of drug-likeness (QED) is 0.848. The molecule has 5 nitrogen and oxygen atoms in total. The van der Waals surface area contributed by atoms with Gasteiger partial charge in [0.25, 0.3) is 0 Å². The number of carboxylic acid groups (broad SMARTS) is 1. The molecule has 0 radical (unpaired) electrons. The van der Waals surface area contributed by atoms with Crippen LogP contribution in [0.4, 0.5) is 0 Å². The fraction of sp³-hybridized carbons (Fsp3) is 0.300. The maximum Gasteiger partial charge on any atom is 0.335 e. The van der Waals surface area contributed by atoms with Crippen LogP contribution in [-0.4, -0.2) is 30.1 Å². The summed E-state index contributed by atoms with van der Waals surface area (Å²) in [6.07, 6.45) is 1.76. The van der Waals surface area contributed by atoms with Gasteiger partial charge in [-0.2, -0.15) is 0 Å². The molecule has 1 atom stereocenters. The Morgan fingerprint density at radius 2 is 1.88 bits per heavy atom. The molecule has 0 saturated carbocycles. The number of hydrogen-bond donors (Lipinski definition) is 2. The minimum atomic E-state index is -0.947. The summed E-state index contributed by atoms with van der Waals surface area (Å²) in [6, 6.07) is 14.8. The number of carbonyl (C=O) groups is 2. The molecule has 1 aliphatic heterocycles. The van der Waals surface area contributed by atoms with Gasteiger partial charge >= 0.3 is 5.97 Å². The van der Waals surface area contributed by atoms with E-state index >= 15 is 0 Å². The molecule has 130 valence electrons. The molecule has 2 aromatic rings. The zero-order chi connectivity index (χ0) is 17.6. The van der Waals surface area contributed by atoms with Gasteiger partial charge in [0.1, 0.15) is 6.10 Å². The molecule has 25 heavy (non-hydrogen) atoms. The number of hydrogen-bond acceptors (Lipinski definition) is 3. The number of nitrogens with one attached hydrogen (secondary N) is 1. The van der Waals surface area contributed by atoms with Crippen LogP contribution in [0.2, 0.25) is 0 Å². The summed E-state index contributed by atoms with van der Waals surface area (Å²) in [5.41, 5.74) is 3.63. The SMILES string of the molecule is O=C(CCc1ccc(C(=O)O)cc1)NCC1OCCc2ccccc21. The molecule has 0 aliphatic carbocycles. The van der Waals surface area contributed by atoms with Crippen molar-refractivity contribution in [1.82, 2.24) is 5.32 Å². The molecule has 2 N–H and O–H groups in total. The van der Waals surface area contributed by atoms with Crippen LogP contribution in [0.5, 0.6) is 0 Å². The first-order valence-electron chi connectivity index (χ1n) is 8.42. The minimum absolute atomic E-state index is 0.0334. The van der Waals surface area contributed by atoms with Crippen LogP contribution in [0.25, 0.3) is 0 Å². The summed E-state index contributed by atoms with van der Waals surface area (Å²) >= 11 is 0. The summed E-state index contributed by atoms with van der Waals surface area (Å²) in [5, 5.41) is 11.8. The predicted molar refractivity (Wildman–Crippen MR) is 93.6 cm³/mol. The predicted octanol–water partition coefficient (Wildman–Crippen LogP) is 2.75. The average Bonchev–Trinajstić information content (AvgIpc) is 2.65. The van der Waals surface area contributed by atoms with Crippen molar-refractivity contribution in [2.75, 3.05) is 13.2 Å². The molecule has 0 fully saturated rings. The number of carbonyl (C=O) groups excluding carboxylic acids is 1. The Hall–Kier alpha value is -2.66. The molecule has 2 aromatic carbocycles. The van der Waals surface area contributed by atoms with Gasteiger partial charge < -0.3 is 15.2 Å². The van der Waals surface area contributed by atoms with Gasteiger partial charge in [0.15, 0.2) is 0 Å². The van der Waals surface area contributed by atoms with Crippen LogP contribution in [0, 0.1) is 0 Å². The van der Waals surface area contributed by atoms with Crippen LogP contribution in [-0.2, 0) is 22.4 Å². The maximum absolute atomic E-state index is 12.1. The molecular formula is C20H21NO4. The highest BCUT2D eigenvalue weighted by molar-refractivity contribution is 5.87. The first-order valence-corrected chi connectivity index (χ1v) is 8.42. The lowest BCUT2D eigenvalue weighted by atomic mass is 9.97. The molecule has 1 aliphatic rings. The summed E-state index contributed by atoms with van der Waals surface area (Å²) < 4.78 is 5.78. The first-order chi connectivity index (χ1) is 12.1. The molecule has 0 saturated heterocycles. The van der Waals surface area contributed by atoms with Gasteiger partial charge in [-0.25, -0.2) is 4.79 Å². The number of aryl methyl sites for hydroxylation is 1. The molecule has 0 bridgehead atoms. The van der Waals surface area contributed by atoms with E-state index in [-0.39, 0.29) is 17.6 Å². The fourth-order valence-electron chi connectivity index (χ4n) is 3.01. The highest BCUT2D eigenvalue weighted by Gasteiger charge is 2.20. The third-order valence-electron chi connectivity index (χ3n) is 4.42. The molecular weight excluding hydrogens is 318 g/mol. The van der Waals surface area contributed by atoms with Gasteiger partial charge in [0.05, 0.1) is 12.2 Å². The second-order valence-corrected chi connectivity index (χ2v) is 6.11. The smallest absolute Gasteiger partial charge is 0.335 e. The van der Waals surface area contributed by atoms with Crippen molar-refractivity contribution in [2.24, 2.45) is 0 Å². The zero-order valence-electron chi connectivity index (χ0n) is 13.9. The standard InChI is InChI=1S/C20H21NO4/c22-19(10-7-14-5-8-16(9-6-14)20(23)24)21-13-18-17-4-2-1-3-15(17)11-12-25-18/h1-6,8-9,18H,7,10-13H2,(H,21,22)(H,23,24). The van der Waals surface area contributed by atoms with Crippen molar-refractivity contribution in [2.45, 2.75) is 25.4 Å². The summed E-state index contributed by atoms with van der Waals surface area (Å²) in [7, 11) is 0. The minimum Gasteiger partial charge on any atom is -0.478 e. The monoisotopic (exact) mass is 339 g/mol. The normalized spacial score (nSPS) is 16.1. The van der Waals surface area contributed by atoms with E-state index in [0.29, 0.717) is 26.0 Å². The number of fused-ring (bicyclic) bond motifs is 1. The van der Waals surface area contributed by atoms with E-state index in [1.54, 1.807) is 24.3 Å². The molecule has 3 rings (SSSR count). The van der Waals surface area contributed by atoms with Crippen molar-refractivity contribution in [3.63, 3.8) is 0 Å². The van der Waals surface area contributed by atoms with E-state index in [2.05, 4.69) is 17.4 Å². The van der Waals surface area contributed by atoms with E-state index in [1.165, 1.54) is 5.56 Å². The van der Waals surface area contributed by atoms with Gasteiger partial charge in [-0.15, -0.1) is 0 Å². The lowest BCUT2D eigenvalue weighted by molar-refractivity contribution is -0.121. The number of aromatic carboxylic acids is 1. The fourth-order valence-corrected chi connectivity index (χ4v) is 3.01. The van der Waals surface area contributed by atoms with E-state index in [4.69, 9.17) is 9.84 Å². The Labute approximate surface area is 146 Å². The average molecular weight is 339 g/mol. The van der Waals surface area contributed by atoms with Crippen LogP contribution in [0.1, 0.15) is 39.6 Å². The largest absolute Gasteiger partial charge is 0.478 e. The highest BCUT2D eigenvalue weighted by atomic mass is 16.5. The second kappa shape index (κ2) is 7.94. The number of benzene rings is 2. The van der Waals surface area contributed by atoms with Crippen LogP contribution in [0.3, 0.4) is 0 Å². The summed E-state index contributed by atoms with van der Waals surface area (Å²) in [6.45, 7) is 1.14. The Kier molecular flexibility index (Phi) is 5.46. The van der Waals surface area contributed by atoms with Crippen molar-refractivity contribution in [1.29, 1.82) is 0 Å². The highest BCUT2D eigenvalue weighted by Crippen LogP contribution is 2.26. The van der Waals surface area contributed by atoms with Gasteiger partial charge in [-0.05, 0) is 41.7 Å². The van der Waals surface area contributed by atoms with E-state index in [9.17, 15) is 9.59 Å². The molecule has 1 heterocycles. The van der Waals surface area contributed by atoms with E-state index < -0.39 is 5.97 Å². The lowest BCUT2D eigenvalue weighted by Gasteiger charge is -2.26. The lowest BCUT2D eigenvalue weighted by Crippen LogP contribution is -2.31. The Bertz CT molecular complexity index is 755. The first kappa shape index (κ1) is 17.2.